The topological polar surface area (TPSA) is 79.5 Å². The summed E-state index contributed by atoms with van der Waals surface area (Å²) >= 11 is 0. The van der Waals surface area contributed by atoms with Crippen LogP contribution in [0.1, 0.15) is 37.2 Å². The number of hydrogen-bond donors (Lipinski definition) is 2. The summed E-state index contributed by atoms with van der Waals surface area (Å²) in [4.78, 5) is 22.0. The molecule has 0 unspecified atom stereocenters. The summed E-state index contributed by atoms with van der Waals surface area (Å²) in [5.74, 6) is -0.982. The molecule has 0 aliphatic carbocycles. The average molecular weight is 225 g/mol. The number of furan rings is 1. The maximum absolute atomic E-state index is 11.6. The lowest BCUT2D eigenvalue weighted by Crippen LogP contribution is -2.43. The Morgan fingerprint density at radius 3 is 2.69 bits per heavy atom. The van der Waals surface area contributed by atoms with Crippen molar-refractivity contribution in [1.82, 2.24) is 5.32 Å². The van der Waals surface area contributed by atoms with Crippen LogP contribution >= 0.6 is 0 Å². The molecule has 0 atom stereocenters. The van der Waals surface area contributed by atoms with Crippen LogP contribution in [-0.2, 0) is 4.79 Å². The minimum absolute atomic E-state index is 0.0193. The highest BCUT2D eigenvalue weighted by Crippen LogP contribution is 2.12. The van der Waals surface area contributed by atoms with Gasteiger partial charge in [0.05, 0.1) is 6.26 Å². The van der Waals surface area contributed by atoms with Crippen LogP contribution in [0.15, 0.2) is 22.8 Å². The van der Waals surface area contributed by atoms with Gasteiger partial charge in [-0.1, -0.05) is 0 Å². The Morgan fingerprint density at radius 2 is 2.19 bits per heavy atom. The number of rotatable bonds is 5. The number of carbonyl (C=O) groups is 2. The first-order valence-electron chi connectivity index (χ1n) is 4.98. The van der Waals surface area contributed by atoms with Crippen LogP contribution in [0.2, 0.25) is 0 Å². The van der Waals surface area contributed by atoms with E-state index in [1.54, 1.807) is 26.0 Å². The molecule has 0 aliphatic heterocycles. The summed E-state index contributed by atoms with van der Waals surface area (Å²) in [5, 5.41) is 11.3. The zero-order valence-electron chi connectivity index (χ0n) is 9.32. The van der Waals surface area contributed by atoms with Crippen molar-refractivity contribution < 1.29 is 19.1 Å². The first-order chi connectivity index (χ1) is 7.41. The minimum Gasteiger partial charge on any atom is -0.481 e. The van der Waals surface area contributed by atoms with Crippen molar-refractivity contribution >= 4 is 11.9 Å². The lowest BCUT2D eigenvalue weighted by molar-refractivity contribution is -0.137. The second-order valence-electron chi connectivity index (χ2n) is 4.21. The zero-order valence-corrected chi connectivity index (χ0v) is 9.32. The second-order valence-corrected chi connectivity index (χ2v) is 4.21. The van der Waals surface area contributed by atoms with Gasteiger partial charge in [0.1, 0.15) is 0 Å². The molecular weight excluding hydrogens is 210 g/mol. The van der Waals surface area contributed by atoms with Gasteiger partial charge in [0.2, 0.25) is 0 Å². The van der Waals surface area contributed by atoms with E-state index in [9.17, 15) is 9.59 Å². The van der Waals surface area contributed by atoms with Crippen LogP contribution in [-0.4, -0.2) is 22.5 Å². The summed E-state index contributed by atoms with van der Waals surface area (Å²) in [7, 11) is 0. The van der Waals surface area contributed by atoms with E-state index in [1.165, 1.54) is 6.26 Å². The van der Waals surface area contributed by atoms with Crippen molar-refractivity contribution in [2.75, 3.05) is 0 Å². The average Bonchev–Trinajstić information content (AvgIpc) is 2.67. The van der Waals surface area contributed by atoms with Crippen LogP contribution in [0.25, 0.3) is 0 Å². The van der Waals surface area contributed by atoms with Crippen molar-refractivity contribution in [3.63, 3.8) is 0 Å². The molecule has 0 bridgehead atoms. The first-order valence-corrected chi connectivity index (χ1v) is 4.98. The summed E-state index contributed by atoms with van der Waals surface area (Å²) in [6.45, 7) is 3.55. The molecule has 2 N–H and O–H groups in total. The third kappa shape index (κ3) is 3.76. The number of nitrogens with one attached hydrogen (secondary N) is 1. The Hall–Kier alpha value is -1.78. The highest BCUT2D eigenvalue weighted by molar-refractivity contribution is 5.91. The third-order valence-corrected chi connectivity index (χ3v) is 2.16. The largest absolute Gasteiger partial charge is 0.481 e. The molecule has 1 aromatic rings. The summed E-state index contributed by atoms with van der Waals surface area (Å²) in [6, 6.07) is 3.18. The molecule has 16 heavy (non-hydrogen) atoms. The highest BCUT2D eigenvalue weighted by Gasteiger charge is 2.23. The van der Waals surface area contributed by atoms with E-state index in [-0.39, 0.29) is 18.1 Å². The van der Waals surface area contributed by atoms with Crippen molar-refractivity contribution in [3.05, 3.63) is 24.2 Å². The molecule has 88 valence electrons. The number of hydrogen-bond acceptors (Lipinski definition) is 3. The van der Waals surface area contributed by atoms with Crippen molar-refractivity contribution in [2.24, 2.45) is 0 Å². The Kier molecular flexibility index (Phi) is 3.71. The monoisotopic (exact) mass is 225 g/mol. The van der Waals surface area contributed by atoms with Crippen LogP contribution < -0.4 is 5.32 Å². The summed E-state index contributed by atoms with van der Waals surface area (Å²) < 4.78 is 4.94. The normalized spacial score (nSPS) is 11.1. The number of carboxylic acid groups (broad SMARTS) is 1. The van der Waals surface area contributed by atoms with E-state index in [0.29, 0.717) is 6.42 Å². The fraction of sp³-hybridized carbons (Fsp3) is 0.455. The van der Waals surface area contributed by atoms with Gasteiger partial charge in [-0.3, -0.25) is 9.59 Å². The van der Waals surface area contributed by atoms with Gasteiger partial charge in [-0.2, -0.15) is 0 Å². The van der Waals surface area contributed by atoms with Crippen molar-refractivity contribution in [1.29, 1.82) is 0 Å². The van der Waals surface area contributed by atoms with Gasteiger partial charge in [0.15, 0.2) is 5.76 Å². The Labute approximate surface area is 93.4 Å². The van der Waals surface area contributed by atoms with Gasteiger partial charge in [-0.25, -0.2) is 0 Å². The van der Waals surface area contributed by atoms with E-state index in [1.807, 2.05) is 0 Å². The quantitative estimate of drug-likeness (QED) is 0.798. The maximum Gasteiger partial charge on any atom is 0.303 e. The molecule has 5 nitrogen and oxygen atoms in total. The smallest absolute Gasteiger partial charge is 0.303 e. The standard InChI is InChI=1S/C11H15NO4/c1-11(2,6-5-9(13)14)12-10(15)8-4-3-7-16-8/h3-4,7H,5-6H2,1-2H3,(H,12,15)(H,13,14). The lowest BCUT2D eigenvalue weighted by atomic mass is 9.98. The van der Waals surface area contributed by atoms with Crippen molar-refractivity contribution in [2.45, 2.75) is 32.2 Å². The maximum atomic E-state index is 11.6. The molecule has 1 amide bonds. The fourth-order valence-electron chi connectivity index (χ4n) is 1.26. The predicted octanol–water partition coefficient (Wildman–Crippen LogP) is 1.65. The highest BCUT2D eigenvalue weighted by atomic mass is 16.4. The van der Waals surface area contributed by atoms with Crippen LogP contribution in [0.4, 0.5) is 0 Å². The molecule has 0 saturated heterocycles. The number of carbonyl (C=O) groups excluding carboxylic acids is 1. The van der Waals surface area contributed by atoms with Crippen LogP contribution in [0.5, 0.6) is 0 Å². The molecule has 0 aliphatic rings. The molecule has 5 heteroatoms. The first kappa shape index (κ1) is 12.3. The number of carboxylic acids is 1. The molecule has 0 aromatic carbocycles. The second kappa shape index (κ2) is 4.83. The van der Waals surface area contributed by atoms with E-state index in [2.05, 4.69) is 5.32 Å². The van der Waals surface area contributed by atoms with E-state index < -0.39 is 11.5 Å². The van der Waals surface area contributed by atoms with E-state index >= 15 is 0 Å². The molecule has 0 saturated carbocycles. The van der Waals surface area contributed by atoms with Crippen molar-refractivity contribution in [3.8, 4) is 0 Å². The van der Waals surface area contributed by atoms with Gasteiger partial charge in [-0.05, 0) is 32.4 Å². The fourth-order valence-corrected chi connectivity index (χ4v) is 1.26. The van der Waals surface area contributed by atoms with Crippen LogP contribution in [0, 0.1) is 0 Å². The molecule has 0 radical (unpaired) electrons. The zero-order chi connectivity index (χ0) is 12.2. The van der Waals surface area contributed by atoms with Gasteiger partial charge in [0.25, 0.3) is 5.91 Å². The van der Waals surface area contributed by atoms with Gasteiger partial charge in [0, 0.05) is 12.0 Å². The van der Waals surface area contributed by atoms with E-state index in [0.717, 1.165) is 0 Å². The van der Waals surface area contributed by atoms with E-state index in [4.69, 9.17) is 9.52 Å². The molecular formula is C11H15NO4. The molecule has 1 heterocycles. The van der Waals surface area contributed by atoms with Gasteiger partial charge >= 0.3 is 5.97 Å². The number of amides is 1. The number of aliphatic carboxylic acids is 1. The molecule has 0 spiro atoms. The van der Waals surface area contributed by atoms with Crippen LogP contribution in [0.3, 0.4) is 0 Å². The third-order valence-electron chi connectivity index (χ3n) is 2.16. The Morgan fingerprint density at radius 1 is 1.50 bits per heavy atom. The molecule has 1 rings (SSSR count). The summed E-state index contributed by atoms with van der Waals surface area (Å²) in [6.07, 6.45) is 1.80. The summed E-state index contributed by atoms with van der Waals surface area (Å²) in [5.41, 5.74) is -0.567. The predicted molar refractivity (Wildman–Crippen MR) is 57.1 cm³/mol. The molecule has 1 aromatic heterocycles. The Balaban J connectivity index is 2.52. The SMILES string of the molecule is CC(C)(CCC(=O)O)NC(=O)c1ccco1. The minimum atomic E-state index is -0.875. The van der Waals surface area contributed by atoms with Gasteiger partial charge < -0.3 is 14.8 Å². The lowest BCUT2D eigenvalue weighted by Gasteiger charge is -2.24. The Bertz CT molecular complexity index is 367. The van der Waals surface area contributed by atoms with Gasteiger partial charge in [-0.15, -0.1) is 0 Å². The molecule has 0 fully saturated rings.